The maximum atomic E-state index is 12.9. The summed E-state index contributed by atoms with van der Waals surface area (Å²) in [7, 11) is -2.66. The van der Waals surface area contributed by atoms with E-state index in [4.69, 9.17) is 4.42 Å². The van der Waals surface area contributed by atoms with Crippen molar-refractivity contribution in [1.29, 1.82) is 0 Å². The molecule has 1 aliphatic rings. The molecule has 1 atom stereocenters. The molecule has 6 nitrogen and oxygen atoms in total. The smallest absolute Gasteiger partial charge is 0.244 e. The van der Waals surface area contributed by atoms with Gasteiger partial charge >= 0.3 is 0 Å². The third-order valence-electron chi connectivity index (χ3n) is 4.41. The summed E-state index contributed by atoms with van der Waals surface area (Å²) in [6.07, 6.45) is 1.50. The number of hydrogen-bond donors (Lipinski definition) is 0. The average Bonchev–Trinajstić information content (AvgIpc) is 3.08. The summed E-state index contributed by atoms with van der Waals surface area (Å²) in [5.41, 5.74) is 0.912. The zero-order valence-electron chi connectivity index (χ0n) is 13.2. The molecule has 25 heavy (non-hydrogen) atoms. The van der Waals surface area contributed by atoms with Gasteiger partial charge < -0.3 is 4.42 Å². The fourth-order valence-corrected chi connectivity index (χ4v) is 4.54. The topological polar surface area (TPSA) is 84.7 Å². The summed E-state index contributed by atoms with van der Waals surface area (Å²) >= 11 is 0. The van der Waals surface area contributed by atoms with Gasteiger partial charge in [0, 0.05) is 23.6 Å². The number of ketones is 2. The molecule has 126 valence electrons. The highest BCUT2D eigenvalue weighted by Gasteiger charge is 2.45. The number of furan rings is 1. The first kappa shape index (κ1) is 15.7. The van der Waals surface area contributed by atoms with E-state index in [1.807, 2.05) is 0 Å². The SMILES string of the molecule is CN1C(C(=O)c2ccc3occc3c2)C(=O)c2ccccc2S1(=O)=O. The van der Waals surface area contributed by atoms with E-state index in [9.17, 15) is 18.0 Å². The monoisotopic (exact) mass is 355 g/mol. The summed E-state index contributed by atoms with van der Waals surface area (Å²) in [6.45, 7) is 0. The molecule has 1 unspecified atom stereocenters. The minimum Gasteiger partial charge on any atom is -0.464 e. The van der Waals surface area contributed by atoms with E-state index >= 15 is 0 Å². The lowest BCUT2D eigenvalue weighted by atomic mass is 9.95. The number of rotatable bonds is 2. The quantitative estimate of drug-likeness (QED) is 0.521. The molecule has 2 aromatic carbocycles. The lowest BCUT2D eigenvalue weighted by molar-refractivity contribution is 0.0784. The van der Waals surface area contributed by atoms with Gasteiger partial charge in [-0.1, -0.05) is 12.1 Å². The van der Waals surface area contributed by atoms with Gasteiger partial charge in [-0.2, -0.15) is 4.31 Å². The average molecular weight is 355 g/mol. The van der Waals surface area contributed by atoms with E-state index < -0.39 is 27.6 Å². The summed E-state index contributed by atoms with van der Waals surface area (Å²) in [6, 6.07) is 11.0. The predicted octanol–water partition coefficient (Wildman–Crippen LogP) is 2.50. The molecule has 0 spiro atoms. The molecular weight excluding hydrogens is 342 g/mol. The van der Waals surface area contributed by atoms with Crippen LogP contribution in [0, 0.1) is 0 Å². The predicted molar refractivity (Wildman–Crippen MR) is 90.1 cm³/mol. The van der Waals surface area contributed by atoms with Crippen LogP contribution in [0.25, 0.3) is 11.0 Å². The third kappa shape index (κ3) is 2.24. The Morgan fingerprint density at radius 2 is 1.88 bits per heavy atom. The number of benzene rings is 2. The Kier molecular flexibility index (Phi) is 3.38. The lowest BCUT2D eigenvalue weighted by Crippen LogP contribution is -2.51. The number of nitrogens with zero attached hydrogens (tertiary/aromatic N) is 1. The molecule has 7 heteroatoms. The van der Waals surface area contributed by atoms with E-state index in [-0.39, 0.29) is 16.0 Å². The van der Waals surface area contributed by atoms with Crippen molar-refractivity contribution in [3.63, 3.8) is 0 Å². The van der Waals surface area contributed by atoms with Crippen molar-refractivity contribution in [3.05, 3.63) is 65.9 Å². The Labute approximate surface area is 143 Å². The van der Waals surface area contributed by atoms with E-state index in [0.717, 1.165) is 4.31 Å². The Morgan fingerprint density at radius 1 is 1.12 bits per heavy atom. The Bertz CT molecular complexity index is 1130. The van der Waals surface area contributed by atoms with Crippen LogP contribution in [-0.4, -0.2) is 37.4 Å². The van der Waals surface area contributed by atoms with Crippen LogP contribution >= 0.6 is 0 Å². The van der Waals surface area contributed by atoms with E-state index in [1.165, 1.54) is 31.5 Å². The molecule has 0 amide bonds. The van der Waals surface area contributed by atoms with Crippen LogP contribution < -0.4 is 0 Å². The highest BCUT2D eigenvalue weighted by molar-refractivity contribution is 7.89. The van der Waals surface area contributed by atoms with Gasteiger partial charge in [0.2, 0.25) is 10.0 Å². The Balaban J connectivity index is 1.84. The second-order valence-corrected chi connectivity index (χ2v) is 7.79. The molecule has 0 N–H and O–H groups in total. The van der Waals surface area contributed by atoms with Crippen molar-refractivity contribution >= 4 is 32.6 Å². The van der Waals surface area contributed by atoms with Crippen LogP contribution in [-0.2, 0) is 10.0 Å². The normalized spacial score (nSPS) is 19.7. The van der Waals surface area contributed by atoms with Crippen molar-refractivity contribution < 1.29 is 22.4 Å². The number of carbonyl (C=O) groups excluding carboxylic acids is 2. The van der Waals surface area contributed by atoms with E-state index in [2.05, 4.69) is 0 Å². The highest BCUT2D eigenvalue weighted by Crippen LogP contribution is 2.30. The highest BCUT2D eigenvalue weighted by atomic mass is 32.2. The van der Waals surface area contributed by atoms with Crippen LogP contribution in [0.4, 0.5) is 0 Å². The summed E-state index contributed by atoms with van der Waals surface area (Å²) in [4.78, 5) is 25.7. The maximum absolute atomic E-state index is 12.9. The molecule has 0 bridgehead atoms. The maximum Gasteiger partial charge on any atom is 0.244 e. The van der Waals surface area contributed by atoms with Crippen molar-refractivity contribution in [2.45, 2.75) is 10.9 Å². The van der Waals surface area contributed by atoms with Crippen LogP contribution in [0.5, 0.6) is 0 Å². The van der Waals surface area contributed by atoms with Gasteiger partial charge in [-0.3, -0.25) is 9.59 Å². The van der Waals surface area contributed by atoms with E-state index in [0.29, 0.717) is 11.0 Å². The minimum atomic E-state index is -3.91. The number of carbonyl (C=O) groups is 2. The van der Waals surface area contributed by atoms with Gasteiger partial charge in [-0.25, -0.2) is 8.42 Å². The molecule has 0 saturated carbocycles. The summed E-state index contributed by atoms with van der Waals surface area (Å²) in [5.74, 6) is -1.08. The van der Waals surface area contributed by atoms with Gasteiger partial charge in [0.25, 0.3) is 0 Å². The first-order chi connectivity index (χ1) is 11.9. The largest absolute Gasteiger partial charge is 0.464 e. The Morgan fingerprint density at radius 3 is 2.68 bits per heavy atom. The molecule has 1 aromatic heterocycles. The van der Waals surface area contributed by atoms with Crippen LogP contribution in [0.2, 0.25) is 0 Å². The van der Waals surface area contributed by atoms with Crippen molar-refractivity contribution in [2.75, 3.05) is 7.05 Å². The van der Waals surface area contributed by atoms with Crippen molar-refractivity contribution in [2.24, 2.45) is 0 Å². The molecule has 2 heterocycles. The first-order valence-electron chi connectivity index (χ1n) is 7.54. The molecule has 4 rings (SSSR count). The lowest BCUT2D eigenvalue weighted by Gasteiger charge is -2.31. The summed E-state index contributed by atoms with van der Waals surface area (Å²) in [5, 5.41) is 0.708. The number of sulfonamides is 1. The Hall–Kier alpha value is -2.77. The second kappa shape index (κ2) is 5.37. The number of hydrogen-bond acceptors (Lipinski definition) is 5. The second-order valence-electron chi connectivity index (χ2n) is 5.82. The van der Waals surface area contributed by atoms with Gasteiger partial charge in [0.1, 0.15) is 5.58 Å². The van der Waals surface area contributed by atoms with Crippen LogP contribution in [0.1, 0.15) is 20.7 Å². The molecule has 3 aromatic rings. The van der Waals surface area contributed by atoms with Crippen molar-refractivity contribution in [1.82, 2.24) is 4.31 Å². The zero-order valence-corrected chi connectivity index (χ0v) is 14.0. The molecule has 0 aliphatic carbocycles. The minimum absolute atomic E-state index is 0.0448. The summed E-state index contributed by atoms with van der Waals surface area (Å²) < 4.78 is 31.4. The number of Topliss-reactive ketones (excluding diaryl/α,β-unsaturated/α-hetero) is 2. The van der Waals surface area contributed by atoms with Crippen LogP contribution in [0.15, 0.2) is 64.1 Å². The molecular formula is C18H13NO5S. The fourth-order valence-electron chi connectivity index (χ4n) is 3.06. The molecule has 1 aliphatic heterocycles. The van der Waals surface area contributed by atoms with Crippen molar-refractivity contribution in [3.8, 4) is 0 Å². The number of fused-ring (bicyclic) bond motifs is 2. The number of likely N-dealkylation sites (N-methyl/N-ethyl adjacent to an activating group) is 1. The fraction of sp³-hybridized carbons (Fsp3) is 0.111. The third-order valence-corrected chi connectivity index (χ3v) is 6.29. The molecule has 0 saturated heterocycles. The first-order valence-corrected chi connectivity index (χ1v) is 8.98. The van der Waals surface area contributed by atoms with E-state index in [1.54, 1.807) is 30.3 Å². The zero-order chi connectivity index (χ0) is 17.8. The standard InChI is InChI=1S/C18H13NO5S/c1-19-16(17(20)12-6-7-14-11(10-12)8-9-24-14)18(21)13-4-2-3-5-15(13)25(19,22)23/h2-10,16H,1H3. The van der Waals surface area contributed by atoms with Gasteiger partial charge in [0.05, 0.1) is 11.2 Å². The van der Waals surface area contributed by atoms with Gasteiger partial charge in [-0.15, -0.1) is 0 Å². The molecule has 0 fully saturated rings. The molecule has 0 radical (unpaired) electrons. The van der Waals surface area contributed by atoms with Crippen LogP contribution in [0.3, 0.4) is 0 Å². The van der Waals surface area contributed by atoms with Gasteiger partial charge in [-0.05, 0) is 36.4 Å². The van der Waals surface area contributed by atoms with Gasteiger partial charge in [0.15, 0.2) is 17.6 Å².